The monoisotopic (exact) mass is 399 g/mol. The van der Waals surface area contributed by atoms with Crippen molar-refractivity contribution >= 4 is 34.7 Å². The molecule has 2 fully saturated rings. The molecule has 5 rings (SSSR count). The number of aromatic nitrogens is 5. The van der Waals surface area contributed by atoms with E-state index in [2.05, 4.69) is 25.1 Å². The van der Waals surface area contributed by atoms with E-state index in [9.17, 15) is 0 Å². The van der Waals surface area contributed by atoms with Gasteiger partial charge in [-0.3, -0.25) is 4.98 Å². The molecule has 0 spiro atoms. The van der Waals surface area contributed by atoms with Crippen LogP contribution in [0.1, 0.15) is 12.8 Å². The van der Waals surface area contributed by atoms with Crippen molar-refractivity contribution in [3.63, 3.8) is 0 Å². The number of pyridine rings is 1. The quantitative estimate of drug-likeness (QED) is 0.648. The van der Waals surface area contributed by atoms with Crippen LogP contribution >= 0.6 is 11.8 Å². The van der Waals surface area contributed by atoms with Crippen molar-refractivity contribution in [3.05, 3.63) is 24.5 Å². The molecule has 10 heteroatoms. The second-order valence-electron chi connectivity index (χ2n) is 6.87. The molecule has 146 valence electrons. The number of hydrogen-bond acceptors (Lipinski definition) is 10. The Kier molecular flexibility index (Phi) is 4.86. The highest BCUT2D eigenvalue weighted by Crippen LogP contribution is 2.31. The summed E-state index contributed by atoms with van der Waals surface area (Å²) in [6.45, 7) is 3.63. The van der Waals surface area contributed by atoms with E-state index in [-0.39, 0.29) is 6.10 Å². The smallest absolute Gasteiger partial charge is 0.245 e. The summed E-state index contributed by atoms with van der Waals surface area (Å²) in [6, 6.07) is 3.84. The standard InChI is InChI=1S/C18H21N7O2S/c1-2-14(12-19-5-1)26-13-3-6-24(7-4-13)17-18(25-8-10-28-11-9-25)21-16-15(20-17)22-27-23-16/h1-2,5,12-13H,3-4,6-11H2. The summed E-state index contributed by atoms with van der Waals surface area (Å²) in [4.78, 5) is 18.2. The summed E-state index contributed by atoms with van der Waals surface area (Å²) in [5.41, 5.74) is 0.922. The molecule has 0 bridgehead atoms. The molecule has 0 unspecified atom stereocenters. The highest BCUT2D eigenvalue weighted by Gasteiger charge is 2.28. The third-order valence-electron chi connectivity index (χ3n) is 5.07. The van der Waals surface area contributed by atoms with Crippen LogP contribution in [0, 0.1) is 0 Å². The molecule has 9 nitrogen and oxygen atoms in total. The largest absolute Gasteiger partial charge is 0.489 e. The van der Waals surface area contributed by atoms with Gasteiger partial charge in [0.05, 0.1) is 6.20 Å². The third kappa shape index (κ3) is 3.56. The van der Waals surface area contributed by atoms with E-state index in [1.165, 1.54) is 0 Å². The minimum atomic E-state index is 0.181. The summed E-state index contributed by atoms with van der Waals surface area (Å²) in [5, 5.41) is 7.77. The van der Waals surface area contributed by atoms with Crippen molar-refractivity contribution in [3.8, 4) is 5.75 Å². The maximum Gasteiger partial charge on any atom is 0.245 e. The van der Waals surface area contributed by atoms with Gasteiger partial charge in [0, 0.05) is 56.7 Å². The summed E-state index contributed by atoms with van der Waals surface area (Å²) < 4.78 is 10.9. The van der Waals surface area contributed by atoms with Gasteiger partial charge < -0.3 is 14.5 Å². The SMILES string of the molecule is c1cncc(OC2CCN(c3nc4nonc4nc3N3CCSCC3)CC2)c1. The molecule has 0 atom stereocenters. The van der Waals surface area contributed by atoms with Gasteiger partial charge in [-0.2, -0.15) is 11.8 Å². The molecule has 0 amide bonds. The molecule has 2 aliphatic heterocycles. The predicted molar refractivity (Wildman–Crippen MR) is 107 cm³/mol. The van der Waals surface area contributed by atoms with E-state index in [1.54, 1.807) is 12.4 Å². The van der Waals surface area contributed by atoms with E-state index in [0.717, 1.165) is 67.9 Å². The van der Waals surface area contributed by atoms with E-state index in [0.29, 0.717) is 11.3 Å². The van der Waals surface area contributed by atoms with Gasteiger partial charge in [0.15, 0.2) is 11.6 Å². The lowest BCUT2D eigenvalue weighted by molar-refractivity contribution is 0.170. The van der Waals surface area contributed by atoms with Crippen LogP contribution in [-0.2, 0) is 0 Å². The normalized spacial score (nSPS) is 18.6. The van der Waals surface area contributed by atoms with Gasteiger partial charge in [0.1, 0.15) is 11.9 Å². The number of anilines is 2. The number of piperidine rings is 1. The van der Waals surface area contributed by atoms with Crippen molar-refractivity contribution in [1.29, 1.82) is 0 Å². The zero-order chi connectivity index (χ0) is 18.8. The van der Waals surface area contributed by atoms with Crippen molar-refractivity contribution in [1.82, 2.24) is 25.3 Å². The minimum Gasteiger partial charge on any atom is -0.489 e. The first kappa shape index (κ1) is 17.5. The molecule has 5 heterocycles. The molecule has 0 saturated carbocycles. The molecule has 0 aliphatic carbocycles. The molecule has 0 aromatic carbocycles. The summed E-state index contributed by atoms with van der Waals surface area (Å²) in [7, 11) is 0. The lowest BCUT2D eigenvalue weighted by Gasteiger charge is -2.36. The van der Waals surface area contributed by atoms with Gasteiger partial charge in [-0.15, -0.1) is 0 Å². The van der Waals surface area contributed by atoms with Crippen LogP contribution < -0.4 is 14.5 Å². The summed E-state index contributed by atoms with van der Waals surface area (Å²) in [5.74, 6) is 4.77. The van der Waals surface area contributed by atoms with Gasteiger partial charge >= 0.3 is 0 Å². The zero-order valence-corrected chi connectivity index (χ0v) is 16.2. The van der Waals surface area contributed by atoms with Crippen molar-refractivity contribution < 1.29 is 9.37 Å². The van der Waals surface area contributed by atoms with E-state index < -0.39 is 0 Å². The molecule has 2 saturated heterocycles. The third-order valence-corrected chi connectivity index (χ3v) is 6.01. The minimum absolute atomic E-state index is 0.181. The molecular formula is C18H21N7O2S. The van der Waals surface area contributed by atoms with Crippen molar-refractivity contribution in [2.45, 2.75) is 18.9 Å². The number of rotatable bonds is 4. The molecule has 28 heavy (non-hydrogen) atoms. The second-order valence-corrected chi connectivity index (χ2v) is 8.10. The molecule has 0 radical (unpaired) electrons. The second kappa shape index (κ2) is 7.78. The maximum absolute atomic E-state index is 6.07. The summed E-state index contributed by atoms with van der Waals surface area (Å²) >= 11 is 1.97. The van der Waals surface area contributed by atoms with Crippen LogP contribution in [0.5, 0.6) is 5.75 Å². The number of nitrogens with zero attached hydrogens (tertiary/aromatic N) is 7. The first-order valence-corrected chi connectivity index (χ1v) is 10.7. The lowest BCUT2D eigenvalue weighted by Crippen LogP contribution is -2.41. The Morgan fingerprint density at radius 3 is 2.29 bits per heavy atom. The molecule has 3 aromatic heterocycles. The van der Waals surface area contributed by atoms with Crippen LogP contribution in [0.25, 0.3) is 11.3 Å². The Bertz CT molecular complexity index is 924. The highest BCUT2D eigenvalue weighted by atomic mass is 32.2. The molecule has 3 aromatic rings. The molecule has 2 aliphatic rings. The van der Waals surface area contributed by atoms with E-state index >= 15 is 0 Å². The van der Waals surface area contributed by atoms with Crippen LogP contribution in [0.3, 0.4) is 0 Å². The maximum atomic E-state index is 6.07. The van der Waals surface area contributed by atoms with Gasteiger partial charge in [-0.25, -0.2) is 14.6 Å². The van der Waals surface area contributed by atoms with E-state index in [4.69, 9.17) is 19.3 Å². The average molecular weight is 399 g/mol. The van der Waals surface area contributed by atoms with E-state index in [1.807, 2.05) is 23.9 Å². The number of ether oxygens (including phenoxy) is 1. The number of hydrogen-bond donors (Lipinski definition) is 0. The Morgan fingerprint density at radius 2 is 1.64 bits per heavy atom. The van der Waals surface area contributed by atoms with Crippen molar-refractivity contribution in [2.75, 3.05) is 47.5 Å². The fraction of sp³-hybridized carbons (Fsp3) is 0.500. The van der Waals surface area contributed by atoms with Crippen LogP contribution in [0.15, 0.2) is 29.2 Å². The highest BCUT2D eigenvalue weighted by molar-refractivity contribution is 7.99. The van der Waals surface area contributed by atoms with Gasteiger partial charge in [-0.05, 0) is 22.4 Å². The van der Waals surface area contributed by atoms with Crippen LogP contribution in [-0.4, -0.2) is 69.1 Å². The average Bonchev–Trinajstić information content (AvgIpc) is 3.22. The Balaban J connectivity index is 1.35. The fourth-order valence-corrected chi connectivity index (χ4v) is 4.52. The Labute approximate surface area is 166 Å². The Morgan fingerprint density at radius 1 is 0.964 bits per heavy atom. The predicted octanol–water partition coefficient (Wildman–Crippen LogP) is 2.01. The van der Waals surface area contributed by atoms with Gasteiger partial charge in [0.2, 0.25) is 11.3 Å². The number of thioether (sulfide) groups is 1. The summed E-state index contributed by atoms with van der Waals surface area (Å²) in [6.07, 6.45) is 5.53. The van der Waals surface area contributed by atoms with Crippen LogP contribution in [0.4, 0.5) is 11.6 Å². The number of fused-ring (bicyclic) bond motifs is 1. The Hall–Kier alpha value is -2.62. The van der Waals surface area contributed by atoms with Crippen molar-refractivity contribution in [2.24, 2.45) is 0 Å². The molecular weight excluding hydrogens is 378 g/mol. The zero-order valence-electron chi connectivity index (χ0n) is 15.4. The first-order valence-electron chi connectivity index (χ1n) is 9.51. The topological polar surface area (TPSA) is 93.3 Å². The van der Waals surface area contributed by atoms with Gasteiger partial charge in [-0.1, -0.05) is 0 Å². The van der Waals surface area contributed by atoms with Gasteiger partial charge in [0.25, 0.3) is 0 Å². The fourth-order valence-electron chi connectivity index (χ4n) is 3.61. The lowest BCUT2D eigenvalue weighted by atomic mass is 10.1. The van der Waals surface area contributed by atoms with Crippen LogP contribution in [0.2, 0.25) is 0 Å². The molecule has 0 N–H and O–H groups in total. The first-order chi connectivity index (χ1) is 13.9.